The lowest BCUT2D eigenvalue weighted by Gasteiger charge is -2.21. The second-order valence-corrected chi connectivity index (χ2v) is 10.2. The van der Waals surface area contributed by atoms with E-state index in [9.17, 15) is 13.2 Å². The molecular weight excluding hydrogens is 502 g/mol. The monoisotopic (exact) mass is 529 g/mol. The summed E-state index contributed by atoms with van der Waals surface area (Å²) < 4.78 is 37.1. The van der Waals surface area contributed by atoms with Gasteiger partial charge in [-0.25, -0.2) is 13.8 Å². The zero-order valence-corrected chi connectivity index (χ0v) is 21.8. The van der Waals surface area contributed by atoms with Crippen molar-refractivity contribution in [3.8, 4) is 11.5 Å². The van der Waals surface area contributed by atoms with Crippen molar-refractivity contribution in [3.63, 3.8) is 0 Å². The number of amides is 1. The van der Waals surface area contributed by atoms with E-state index in [0.29, 0.717) is 41.0 Å². The van der Waals surface area contributed by atoms with Gasteiger partial charge in [0.05, 0.1) is 24.8 Å². The fraction of sp³-hybridized carbons (Fsp3) is 0.231. The number of anilines is 1. The molecule has 0 aromatic heterocycles. The van der Waals surface area contributed by atoms with Crippen LogP contribution in [0, 0.1) is 6.92 Å². The number of nitrogens with zero attached hydrogens (tertiary/aromatic N) is 2. The minimum absolute atomic E-state index is 0.291. The Kier molecular flexibility index (Phi) is 9.32. The molecule has 190 valence electrons. The smallest absolute Gasteiger partial charge is 0.260 e. The van der Waals surface area contributed by atoms with Crippen LogP contribution in [0.25, 0.3) is 0 Å². The van der Waals surface area contributed by atoms with E-state index in [0.717, 1.165) is 21.7 Å². The van der Waals surface area contributed by atoms with Gasteiger partial charge in [-0.05, 0) is 60.9 Å². The molecule has 3 aromatic carbocycles. The maximum absolute atomic E-state index is 12.5. The predicted molar refractivity (Wildman–Crippen MR) is 143 cm³/mol. The highest BCUT2D eigenvalue weighted by atomic mass is 35.5. The molecule has 0 atom stereocenters. The Morgan fingerprint density at radius 1 is 1.06 bits per heavy atom. The summed E-state index contributed by atoms with van der Waals surface area (Å²) in [7, 11) is -3.73. The van der Waals surface area contributed by atoms with Crippen LogP contribution in [-0.4, -0.2) is 39.9 Å². The van der Waals surface area contributed by atoms with Gasteiger partial charge in [0.25, 0.3) is 5.91 Å². The van der Waals surface area contributed by atoms with Gasteiger partial charge in [0, 0.05) is 5.02 Å². The Morgan fingerprint density at radius 3 is 2.47 bits per heavy atom. The van der Waals surface area contributed by atoms with Crippen molar-refractivity contribution < 1.29 is 22.7 Å². The number of carbonyl (C=O) groups excluding carboxylic acids is 1. The summed E-state index contributed by atoms with van der Waals surface area (Å²) >= 11 is 6.13. The predicted octanol–water partition coefficient (Wildman–Crippen LogP) is 4.54. The second-order valence-electron chi connectivity index (χ2n) is 7.91. The molecule has 0 unspecified atom stereocenters. The van der Waals surface area contributed by atoms with E-state index in [1.54, 1.807) is 37.3 Å². The number of hydrazone groups is 1. The highest BCUT2D eigenvalue weighted by Gasteiger charge is 2.21. The molecule has 1 N–H and O–H groups in total. The SMILES string of the molecule is CCOc1cc(/C=N\NC(=O)CN(c2ccc(C)c(Cl)c2)S(C)(=O)=O)ccc1OCc1ccccc1. The van der Waals surface area contributed by atoms with Crippen LogP contribution in [0.1, 0.15) is 23.6 Å². The maximum Gasteiger partial charge on any atom is 0.260 e. The van der Waals surface area contributed by atoms with Crippen LogP contribution in [0.3, 0.4) is 0 Å². The average Bonchev–Trinajstić information content (AvgIpc) is 2.84. The summed E-state index contributed by atoms with van der Waals surface area (Å²) in [6.07, 6.45) is 2.46. The van der Waals surface area contributed by atoms with Gasteiger partial charge in [-0.3, -0.25) is 9.10 Å². The summed E-state index contributed by atoms with van der Waals surface area (Å²) in [6.45, 7) is 4.07. The van der Waals surface area contributed by atoms with Crippen LogP contribution < -0.4 is 19.2 Å². The van der Waals surface area contributed by atoms with Crippen molar-refractivity contribution >= 4 is 39.4 Å². The number of carbonyl (C=O) groups is 1. The van der Waals surface area contributed by atoms with E-state index in [1.165, 1.54) is 12.3 Å². The molecule has 0 spiro atoms. The molecule has 1 amide bonds. The summed E-state index contributed by atoms with van der Waals surface area (Å²) in [5, 5.41) is 4.36. The zero-order chi connectivity index (χ0) is 26.1. The molecule has 0 fully saturated rings. The number of hydrogen-bond acceptors (Lipinski definition) is 6. The minimum atomic E-state index is -3.73. The first-order chi connectivity index (χ1) is 17.2. The van der Waals surface area contributed by atoms with Gasteiger partial charge in [0.2, 0.25) is 10.0 Å². The third-order valence-electron chi connectivity index (χ3n) is 5.04. The molecule has 0 saturated carbocycles. The fourth-order valence-corrected chi connectivity index (χ4v) is 4.23. The van der Waals surface area contributed by atoms with Gasteiger partial charge < -0.3 is 9.47 Å². The molecule has 0 bridgehead atoms. The van der Waals surface area contributed by atoms with E-state index in [-0.39, 0.29) is 0 Å². The zero-order valence-electron chi connectivity index (χ0n) is 20.3. The number of hydrogen-bond donors (Lipinski definition) is 1. The van der Waals surface area contributed by atoms with E-state index < -0.39 is 22.5 Å². The third kappa shape index (κ3) is 7.73. The van der Waals surface area contributed by atoms with Crippen molar-refractivity contribution in [2.24, 2.45) is 5.10 Å². The third-order valence-corrected chi connectivity index (χ3v) is 6.59. The molecular formula is C26H28ClN3O5S. The molecule has 0 aliphatic heterocycles. The minimum Gasteiger partial charge on any atom is -0.490 e. The van der Waals surface area contributed by atoms with Crippen molar-refractivity contribution in [1.29, 1.82) is 0 Å². The molecule has 0 aliphatic carbocycles. The van der Waals surface area contributed by atoms with Gasteiger partial charge in [-0.1, -0.05) is 48.0 Å². The Labute approximate surface area is 216 Å². The molecule has 10 heteroatoms. The molecule has 0 saturated heterocycles. The van der Waals surface area contributed by atoms with Crippen molar-refractivity contribution in [1.82, 2.24) is 5.43 Å². The molecule has 8 nitrogen and oxygen atoms in total. The highest BCUT2D eigenvalue weighted by molar-refractivity contribution is 7.92. The van der Waals surface area contributed by atoms with Crippen molar-refractivity contribution in [2.75, 3.05) is 23.7 Å². The number of halogens is 1. The van der Waals surface area contributed by atoms with Crippen molar-refractivity contribution in [3.05, 3.63) is 88.4 Å². The van der Waals surface area contributed by atoms with Crippen LogP contribution >= 0.6 is 11.6 Å². The number of aryl methyl sites for hydroxylation is 1. The molecule has 3 rings (SSSR count). The Morgan fingerprint density at radius 2 is 1.81 bits per heavy atom. The number of benzene rings is 3. The van der Waals surface area contributed by atoms with Crippen molar-refractivity contribution in [2.45, 2.75) is 20.5 Å². The maximum atomic E-state index is 12.5. The van der Waals surface area contributed by atoms with Crippen LogP contribution in [0.15, 0.2) is 71.8 Å². The van der Waals surface area contributed by atoms with E-state index >= 15 is 0 Å². The van der Waals surface area contributed by atoms with Gasteiger partial charge in [0.15, 0.2) is 11.5 Å². The number of nitrogens with one attached hydrogen (secondary N) is 1. The quantitative estimate of drug-likeness (QED) is 0.290. The standard InChI is InChI=1S/C26H28ClN3O5S/c1-4-34-25-14-21(11-13-24(25)35-18-20-8-6-5-7-9-20)16-28-29-26(31)17-30(36(3,32)33)22-12-10-19(2)23(27)15-22/h5-16H,4,17-18H2,1-3H3,(H,29,31)/b28-16-. The van der Waals surface area contributed by atoms with Gasteiger partial charge in [0.1, 0.15) is 13.2 Å². The number of sulfonamides is 1. The lowest BCUT2D eigenvalue weighted by molar-refractivity contribution is -0.119. The summed E-state index contributed by atoms with van der Waals surface area (Å²) in [5.74, 6) is 0.520. The van der Waals surface area contributed by atoms with Crippen LogP contribution in [0.2, 0.25) is 5.02 Å². The molecule has 0 aliphatic rings. The van der Waals surface area contributed by atoms with E-state index in [4.69, 9.17) is 21.1 Å². The Bertz CT molecular complexity index is 1330. The Balaban J connectivity index is 1.66. The van der Waals surface area contributed by atoms with Crippen LogP contribution in [-0.2, 0) is 21.4 Å². The van der Waals surface area contributed by atoms with Crippen LogP contribution in [0.5, 0.6) is 11.5 Å². The Hall–Kier alpha value is -3.56. The summed E-state index contributed by atoms with van der Waals surface area (Å²) in [4.78, 5) is 12.5. The van der Waals surface area contributed by atoms with Crippen LogP contribution in [0.4, 0.5) is 5.69 Å². The summed E-state index contributed by atoms with van der Waals surface area (Å²) in [6, 6.07) is 19.9. The average molecular weight is 530 g/mol. The topological polar surface area (TPSA) is 97.3 Å². The number of rotatable bonds is 11. The van der Waals surface area contributed by atoms with E-state index in [2.05, 4.69) is 10.5 Å². The van der Waals surface area contributed by atoms with Gasteiger partial charge >= 0.3 is 0 Å². The first-order valence-corrected chi connectivity index (χ1v) is 13.4. The molecule has 0 heterocycles. The lowest BCUT2D eigenvalue weighted by Crippen LogP contribution is -2.39. The fourth-order valence-electron chi connectivity index (χ4n) is 3.21. The molecule has 36 heavy (non-hydrogen) atoms. The number of ether oxygens (including phenoxy) is 2. The molecule has 3 aromatic rings. The highest BCUT2D eigenvalue weighted by Crippen LogP contribution is 2.29. The molecule has 0 radical (unpaired) electrons. The van der Waals surface area contributed by atoms with E-state index in [1.807, 2.05) is 37.3 Å². The second kappa shape index (κ2) is 12.4. The lowest BCUT2D eigenvalue weighted by atomic mass is 10.2. The normalized spacial score (nSPS) is 11.3. The van der Waals surface area contributed by atoms with Gasteiger partial charge in [-0.15, -0.1) is 0 Å². The van der Waals surface area contributed by atoms with Gasteiger partial charge in [-0.2, -0.15) is 5.10 Å². The largest absolute Gasteiger partial charge is 0.490 e. The summed E-state index contributed by atoms with van der Waals surface area (Å²) in [5.41, 5.74) is 5.14. The first-order valence-electron chi connectivity index (χ1n) is 11.2. The first kappa shape index (κ1) is 27.0.